The third kappa shape index (κ3) is 4.22. The number of hydrogen-bond donors (Lipinski definition) is 2. The van der Waals surface area contributed by atoms with Gasteiger partial charge in [-0.1, -0.05) is 6.92 Å². The Labute approximate surface area is 71.7 Å². The lowest BCUT2D eigenvalue weighted by Crippen LogP contribution is -2.38. The monoisotopic (exact) mass is 179 g/mol. The van der Waals surface area contributed by atoms with Crippen LogP contribution in [0.15, 0.2) is 0 Å². The van der Waals surface area contributed by atoms with Crippen molar-refractivity contribution in [2.45, 2.75) is 19.9 Å². The van der Waals surface area contributed by atoms with Crippen LogP contribution in [0.4, 0.5) is 0 Å². The lowest BCUT2D eigenvalue weighted by Gasteiger charge is -2.13. The lowest BCUT2D eigenvalue weighted by atomic mass is 10.2. The van der Waals surface area contributed by atoms with E-state index >= 15 is 0 Å². The number of alkyl halides is 1. The van der Waals surface area contributed by atoms with Crippen LogP contribution in [0.25, 0.3) is 0 Å². The second-order valence-corrected chi connectivity index (χ2v) is 2.96. The zero-order valence-electron chi connectivity index (χ0n) is 6.80. The Kier molecular flexibility index (Phi) is 5.24. The number of nitrogens with one attached hydrogen (secondary N) is 1. The summed E-state index contributed by atoms with van der Waals surface area (Å²) in [6.45, 7) is 3.44. The summed E-state index contributed by atoms with van der Waals surface area (Å²) in [5.41, 5.74) is 0. The first-order valence-electron chi connectivity index (χ1n) is 3.59. The topological polar surface area (TPSA) is 49.3 Å². The Morgan fingerprint density at radius 2 is 2.18 bits per heavy atom. The molecule has 0 saturated carbocycles. The van der Waals surface area contributed by atoms with Gasteiger partial charge in [-0.15, -0.1) is 11.6 Å². The van der Waals surface area contributed by atoms with Gasteiger partial charge in [0.15, 0.2) is 0 Å². The first-order valence-corrected chi connectivity index (χ1v) is 4.12. The summed E-state index contributed by atoms with van der Waals surface area (Å²) in [5.74, 6) is 0.0106. The average Bonchev–Trinajstić information content (AvgIpc) is 2.02. The van der Waals surface area contributed by atoms with Gasteiger partial charge in [-0.2, -0.15) is 0 Å². The fourth-order valence-electron chi connectivity index (χ4n) is 0.501. The van der Waals surface area contributed by atoms with Gasteiger partial charge in [-0.3, -0.25) is 4.79 Å². The van der Waals surface area contributed by atoms with E-state index in [0.29, 0.717) is 5.88 Å². The molecule has 0 bridgehead atoms. The summed E-state index contributed by atoms with van der Waals surface area (Å²) >= 11 is 5.45. The Hall–Kier alpha value is -0.280. The standard InChI is InChI=1S/C7H14ClNO2/c1-5(3-8)7(11)9-6(2)4-10/h5-6,10H,3-4H2,1-2H3,(H,9,11). The van der Waals surface area contributed by atoms with Crippen molar-refractivity contribution in [3.63, 3.8) is 0 Å². The van der Waals surface area contributed by atoms with Gasteiger partial charge in [0.25, 0.3) is 0 Å². The molecule has 66 valence electrons. The first kappa shape index (κ1) is 10.7. The molecule has 1 amide bonds. The summed E-state index contributed by atoms with van der Waals surface area (Å²) < 4.78 is 0. The van der Waals surface area contributed by atoms with E-state index in [4.69, 9.17) is 16.7 Å². The second-order valence-electron chi connectivity index (χ2n) is 2.65. The number of halogens is 1. The molecule has 2 N–H and O–H groups in total. The Bertz CT molecular complexity index is 130. The third-order valence-corrected chi connectivity index (χ3v) is 1.80. The molecule has 4 heteroatoms. The zero-order chi connectivity index (χ0) is 8.85. The van der Waals surface area contributed by atoms with Crippen molar-refractivity contribution in [2.75, 3.05) is 12.5 Å². The fraction of sp³-hybridized carbons (Fsp3) is 0.857. The highest BCUT2D eigenvalue weighted by atomic mass is 35.5. The Morgan fingerprint density at radius 1 is 1.64 bits per heavy atom. The van der Waals surface area contributed by atoms with Crippen molar-refractivity contribution in [3.8, 4) is 0 Å². The number of rotatable bonds is 4. The van der Waals surface area contributed by atoms with E-state index in [1.807, 2.05) is 0 Å². The van der Waals surface area contributed by atoms with Gasteiger partial charge < -0.3 is 10.4 Å². The van der Waals surface area contributed by atoms with Crippen LogP contribution >= 0.6 is 11.6 Å². The van der Waals surface area contributed by atoms with Crippen molar-refractivity contribution >= 4 is 17.5 Å². The van der Waals surface area contributed by atoms with Crippen LogP contribution in [0.5, 0.6) is 0 Å². The smallest absolute Gasteiger partial charge is 0.224 e. The van der Waals surface area contributed by atoms with Crippen LogP contribution < -0.4 is 5.32 Å². The molecule has 0 aliphatic carbocycles. The fourth-order valence-corrected chi connectivity index (χ4v) is 0.641. The van der Waals surface area contributed by atoms with E-state index in [0.717, 1.165) is 0 Å². The molecule has 0 aliphatic heterocycles. The van der Waals surface area contributed by atoms with E-state index < -0.39 is 0 Å². The lowest BCUT2D eigenvalue weighted by molar-refractivity contribution is -0.124. The molecule has 0 rings (SSSR count). The highest BCUT2D eigenvalue weighted by Gasteiger charge is 2.12. The van der Waals surface area contributed by atoms with E-state index in [-0.39, 0.29) is 24.5 Å². The van der Waals surface area contributed by atoms with E-state index in [2.05, 4.69) is 5.32 Å². The second kappa shape index (κ2) is 5.38. The van der Waals surface area contributed by atoms with Gasteiger partial charge in [-0.05, 0) is 6.92 Å². The van der Waals surface area contributed by atoms with Gasteiger partial charge in [0.1, 0.15) is 0 Å². The predicted octanol–water partition coefficient (Wildman–Crippen LogP) is 0.358. The summed E-state index contributed by atoms with van der Waals surface area (Å²) in [7, 11) is 0. The molecule has 0 fully saturated rings. The molecule has 0 radical (unpaired) electrons. The predicted molar refractivity (Wildman–Crippen MR) is 44.6 cm³/mol. The maximum absolute atomic E-state index is 11.0. The van der Waals surface area contributed by atoms with Gasteiger partial charge in [-0.25, -0.2) is 0 Å². The number of carbonyl (C=O) groups is 1. The molecular weight excluding hydrogens is 166 g/mol. The summed E-state index contributed by atoms with van der Waals surface area (Å²) in [4.78, 5) is 11.0. The summed E-state index contributed by atoms with van der Waals surface area (Å²) in [6.07, 6.45) is 0. The molecule has 0 aromatic heterocycles. The normalized spacial score (nSPS) is 15.6. The number of hydrogen-bond acceptors (Lipinski definition) is 2. The molecule has 2 unspecified atom stereocenters. The van der Waals surface area contributed by atoms with Crippen molar-refractivity contribution in [1.29, 1.82) is 0 Å². The Balaban J connectivity index is 3.68. The average molecular weight is 180 g/mol. The van der Waals surface area contributed by atoms with Crippen molar-refractivity contribution < 1.29 is 9.90 Å². The minimum Gasteiger partial charge on any atom is -0.394 e. The van der Waals surface area contributed by atoms with Crippen molar-refractivity contribution in [1.82, 2.24) is 5.32 Å². The molecule has 11 heavy (non-hydrogen) atoms. The Morgan fingerprint density at radius 3 is 2.55 bits per heavy atom. The summed E-state index contributed by atoms with van der Waals surface area (Å²) in [6, 6.07) is -0.187. The first-order chi connectivity index (χ1) is 5.11. The maximum Gasteiger partial charge on any atom is 0.224 e. The minimum atomic E-state index is -0.189. The molecule has 0 spiro atoms. The van der Waals surface area contributed by atoms with Crippen LogP contribution in [0.1, 0.15) is 13.8 Å². The number of carbonyl (C=O) groups excluding carboxylic acids is 1. The molecule has 0 aromatic rings. The van der Waals surface area contributed by atoms with E-state index in [1.54, 1.807) is 13.8 Å². The van der Waals surface area contributed by atoms with Gasteiger partial charge in [0.2, 0.25) is 5.91 Å². The SMILES string of the molecule is CC(CO)NC(=O)C(C)CCl. The van der Waals surface area contributed by atoms with Crippen molar-refractivity contribution in [2.24, 2.45) is 5.92 Å². The maximum atomic E-state index is 11.0. The van der Waals surface area contributed by atoms with Crippen LogP contribution in [-0.4, -0.2) is 29.5 Å². The van der Waals surface area contributed by atoms with E-state index in [1.165, 1.54) is 0 Å². The molecule has 0 aliphatic rings. The largest absolute Gasteiger partial charge is 0.394 e. The van der Waals surface area contributed by atoms with E-state index in [9.17, 15) is 4.79 Å². The molecule has 0 heterocycles. The van der Waals surface area contributed by atoms with Crippen LogP contribution in [-0.2, 0) is 4.79 Å². The molecule has 0 aromatic carbocycles. The van der Waals surface area contributed by atoms with Crippen LogP contribution in [0, 0.1) is 5.92 Å². The molecule has 0 saturated heterocycles. The van der Waals surface area contributed by atoms with Gasteiger partial charge in [0.05, 0.1) is 6.61 Å². The van der Waals surface area contributed by atoms with Gasteiger partial charge >= 0.3 is 0 Å². The third-order valence-electron chi connectivity index (χ3n) is 1.34. The number of aliphatic hydroxyl groups excluding tert-OH is 1. The van der Waals surface area contributed by atoms with Gasteiger partial charge in [0, 0.05) is 17.8 Å². The zero-order valence-corrected chi connectivity index (χ0v) is 7.56. The highest BCUT2D eigenvalue weighted by Crippen LogP contribution is 1.97. The summed E-state index contributed by atoms with van der Waals surface area (Å²) in [5, 5.41) is 11.2. The number of amides is 1. The minimum absolute atomic E-state index is 0.0409. The molecule has 2 atom stereocenters. The van der Waals surface area contributed by atoms with Crippen molar-refractivity contribution in [3.05, 3.63) is 0 Å². The quantitative estimate of drug-likeness (QED) is 0.613. The van der Waals surface area contributed by atoms with Crippen LogP contribution in [0.2, 0.25) is 0 Å². The molecule has 3 nitrogen and oxygen atoms in total. The highest BCUT2D eigenvalue weighted by molar-refractivity contribution is 6.19. The number of aliphatic hydroxyl groups is 1. The van der Waals surface area contributed by atoms with Crippen LogP contribution in [0.3, 0.4) is 0 Å². The molecular formula is C7H14ClNO2.